The molecule has 4 nitrogen and oxygen atoms in total. The number of hydrogen-bond acceptors (Lipinski definition) is 3. The third-order valence-corrected chi connectivity index (χ3v) is 3.96. The Morgan fingerprint density at radius 2 is 2.06 bits per heavy atom. The van der Waals surface area contributed by atoms with Crippen molar-refractivity contribution in [2.24, 2.45) is 0 Å². The van der Waals surface area contributed by atoms with Gasteiger partial charge in [-0.2, -0.15) is 5.10 Å². The smallest absolute Gasteiger partial charge is 0.0834 e. The van der Waals surface area contributed by atoms with Gasteiger partial charge in [0.05, 0.1) is 23.0 Å². The number of halogens is 1. The van der Waals surface area contributed by atoms with E-state index < -0.39 is 0 Å². The molecular formula is C13H25ClN4. The molecule has 1 N–H and O–H groups in total. The number of aromatic nitrogens is 2. The fourth-order valence-electron chi connectivity index (χ4n) is 2.05. The number of likely N-dealkylation sites (N-methyl/N-ethyl adjacent to an activating group) is 2. The summed E-state index contributed by atoms with van der Waals surface area (Å²) in [6.45, 7) is 10.3. The molecular weight excluding hydrogens is 248 g/mol. The fourth-order valence-corrected chi connectivity index (χ4v) is 2.30. The summed E-state index contributed by atoms with van der Waals surface area (Å²) in [4.78, 5) is 2.21. The molecule has 0 aliphatic heterocycles. The van der Waals surface area contributed by atoms with Crippen LogP contribution in [0.3, 0.4) is 0 Å². The topological polar surface area (TPSA) is 33.1 Å². The van der Waals surface area contributed by atoms with E-state index in [0.717, 1.165) is 23.8 Å². The maximum absolute atomic E-state index is 6.32. The Balaban J connectivity index is 3.23. The summed E-state index contributed by atoms with van der Waals surface area (Å²) >= 11 is 6.32. The van der Waals surface area contributed by atoms with Crippen molar-refractivity contribution in [2.45, 2.75) is 45.8 Å². The third-order valence-electron chi connectivity index (χ3n) is 3.67. The second-order valence-electron chi connectivity index (χ2n) is 5.23. The van der Waals surface area contributed by atoms with E-state index in [0.29, 0.717) is 0 Å². The average molecular weight is 273 g/mol. The van der Waals surface area contributed by atoms with Crippen LogP contribution in [0.4, 0.5) is 0 Å². The summed E-state index contributed by atoms with van der Waals surface area (Å²) in [5.74, 6) is 0. The van der Waals surface area contributed by atoms with Crippen molar-refractivity contribution < 1.29 is 0 Å². The second-order valence-corrected chi connectivity index (χ2v) is 5.64. The van der Waals surface area contributed by atoms with Crippen LogP contribution in [-0.2, 0) is 6.54 Å². The van der Waals surface area contributed by atoms with Gasteiger partial charge >= 0.3 is 0 Å². The van der Waals surface area contributed by atoms with E-state index in [9.17, 15) is 0 Å². The van der Waals surface area contributed by atoms with Crippen LogP contribution in [0, 0.1) is 0 Å². The maximum Gasteiger partial charge on any atom is 0.0834 e. The quantitative estimate of drug-likeness (QED) is 0.864. The zero-order chi connectivity index (χ0) is 13.9. The van der Waals surface area contributed by atoms with E-state index in [1.165, 1.54) is 0 Å². The predicted molar refractivity (Wildman–Crippen MR) is 77.1 cm³/mol. The maximum atomic E-state index is 6.32. The molecule has 0 bridgehead atoms. The molecule has 5 heteroatoms. The zero-order valence-corrected chi connectivity index (χ0v) is 13.0. The van der Waals surface area contributed by atoms with Gasteiger partial charge in [0.2, 0.25) is 0 Å². The predicted octanol–water partition coefficient (Wildman–Crippen LogP) is 2.55. The van der Waals surface area contributed by atoms with Crippen LogP contribution in [0.2, 0.25) is 5.02 Å². The molecule has 1 atom stereocenters. The van der Waals surface area contributed by atoms with Crippen molar-refractivity contribution in [2.75, 3.05) is 20.6 Å². The Labute approximate surface area is 115 Å². The van der Waals surface area contributed by atoms with Gasteiger partial charge in [0.1, 0.15) is 0 Å². The largest absolute Gasteiger partial charge is 0.307 e. The first-order chi connectivity index (χ1) is 8.36. The van der Waals surface area contributed by atoms with Gasteiger partial charge in [-0.3, -0.25) is 4.68 Å². The molecule has 0 aliphatic carbocycles. The van der Waals surface area contributed by atoms with Crippen LogP contribution in [0.25, 0.3) is 0 Å². The number of rotatable bonds is 6. The van der Waals surface area contributed by atoms with E-state index >= 15 is 0 Å². The lowest BCUT2D eigenvalue weighted by Crippen LogP contribution is -2.50. The van der Waals surface area contributed by atoms with Crippen LogP contribution in [0.5, 0.6) is 0 Å². The van der Waals surface area contributed by atoms with E-state index in [-0.39, 0.29) is 11.6 Å². The van der Waals surface area contributed by atoms with Crippen LogP contribution in [-0.4, -0.2) is 40.9 Å². The minimum absolute atomic E-state index is 0.0490. The van der Waals surface area contributed by atoms with Gasteiger partial charge in [0, 0.05) is 12.1 Å². The molecule has 1 unspecified atom stereocenters. The summed E-state index contributed by atoms with van der Waals surface area (Å²) in [6, 6.07) is 0.146. The highest BCUT2D eigenvalue weighted by Crippen LogP contribution is 2.33. The van der Waals surface area contributed by atoms with Gasteiger partial charge in [-0.25, -0.2) is 0 Å². The van der Waals surface area contributed by atoms with E-state index in [1.54, 1.807) is 6.20 Å². The molecule has 1 aromatic rings. The lowest BCUT2D eigenvalue weighted by Gasteiger charge is -2.40. The minimum atomic E-state index is -0.0490. The lowest BCUT2D eigenvalue weighted by molar-refractivity contribution is 0.134. The number of hydrogen-bond donors (Lipinski definition) is 1. The van der Waals surface area contributed by atoms with Crippen LogP contribution in [0.1, 0.15) is 39.4 Å². The average Bonchev–Trinajstić information content (AvgIpc) is 2.66. The van der Waals surface area contributed by atoms with E-state index in [4.69, 9.17) is 11.6 Å². The third kappa shape index (κ3) is 2.87. The SMILES string of the molecule is CCNC(c1c(Cl)cnn1CC)C(C)(C)N(C)C. The molecule has 1 aromatic heterocycles. The molecule has 0 radical (unpaired) electrons. The Hall–Kier alpha value is -0.580. The van der Waals surface area contributed by atoms with Crippen LogP contribution < -0.4 is 5.32 Å². The van der Waals surface area contributed by atoms with E-state index in [1.807, 2.05) is 4.68 Å². The summed E-state index contributed by atoms with van der Waals surface area (Å²) in [6.07, 6.45) is 1.73. The van der Waals surface area contributed by atoms with Crippen molar-refractivity contribution in [1.29, 1.82) is 0 Å². The molecule has 1 rings (SSSR count). The van der Waals surface area contributed by atoms with Crippen molar-refractivity contribution in [3.63, 3.8) is 0 Å². The van der Waals surface area contributed by atoms with Gasteiger partial charge in [0.25, 0.3) is 0 Å². The van der Waals surface area contributed by atoms with Crippen LogP contribution in [0.15, 0.2) is 6.20 Å². The first kappa shape index (κ1) is 15.5. The molecule has 0 aromatic carbocycles. The monoisotopic (exact) mass is 272 g/mol. The minimum Gasteiger partial charge on any atom is -0.307 e. The van der Waals surface area contributed by atoms with Gasteiger partial charge < -0.3 is 10.2 Å². The van der Waals surface area contributed by atoms with Gasteiger partial charge in [-0.05, 0) is 41.4 Å². The van der Waals surface area contributed by atoms with Crippen LogP contribution >= 0.6 is 11.6 Å². The Morgan fingerprint density at radius 3 is 2.50 bits per heavy atom. The molecule has 0 saturated heterocycles. The number of nitrogens with zero attached hydrogens (tertiary/aromatic N) is 3. The molecule has 18 heavy (non-hydrogen) atoms. The first-order valence-electron chi connectivity index (χ1n) is 6.48. The summed E-state index contributed by atoms with van der Waals surface area (Å²) < 4.78 is 1.97. The normalized spacial score (nSPS) is 14.2. The highest BCUT2D eigenvalue weighted by molar-refractivity contribution is 6.31. The number of nitrogens with one attached hydrogen (secondary N) is 1. The Bertz CT molecular complexity index is 384. The summed E-state index contributed by atoms with van der Waals surface area (Å²) in [5.41, 5.74) is 1.02. The Kier molecular flexibility index (Phi) is 5.20. The van der Waals surface area contributed by atoms with Crippen molar-refractivity contribution >= 4 is 11.6 Å². The molecule has 0 fully saturated rings. The molecule has 0 amide bonds. The highest BCUT2D eigenvalue weighted by atomic mass is 35.5. The lowest BCUT2D eigenvalue weighted by atomic mass is 9.90. The van der Waals surface area contributed by atoms with Gasteiger partial charge in [-0.1, -0.05) is 18.5 Å². The van der Waals surface area contributed by atoms with Crippen molar-refractivity contribution in [1.82, 2.24) is 20.0 Å². The van der Waals surface area contributed by atoms with Crippen molar-refractivity contribution in [3.05, 3.63) is 16.9 Å². The van der Waals surface area contributed by atoms with E-state index in [2.05, 4.69) is 57.1 Å². The van der Waals surface area contributed by atoms with Crippen molar-refractivity contribution in [3.8, 4) is 0 Å². The molecule has 0 spiro atoms. The van der Waals surface area contributed by atoms with Gasteiger partial charge in [-0.15, -0.1) is 0 Å². The Morgan fingerprint density at radius 1 is 1.44 bits per heavy atom. The van der Waals surface area contributed by atoms with Gasteiger partial charge in [0.15, 0.2) is 0 Å². The standard InChI is InChI=1S/C13H25ClN4/c1-7-15-12(13(3,4)17(5)6)11-10(14)9-16-18(11)8-2/h9,12,15H,7-8H2,1-6H3. The zero-order valence-electron chi connectivity index (χ0n) is 12.3. The fraction of sp³-hybridized carbons (Fsp3) is 0.769. The molecule has 0 aliphatic rings. The molecule has 1 heterocycles. The first-order valence-corrected chi connectivity index (χ1v) is 6.86. The highest BCUT2D eigenvalue weighted by Gasteiger charge is 2.35. The summed E-state index contributed by atoms with van der Waals surface area (Å²) in [5, 5.41) is 8.61. The number of aryl methyl sites for hydroxylation is 1. The molecule has 0 saturated carbocycles. The molecule has 104 valence electrons. The second kappa shape index (κ2) is 6.04. The summed E-state index contributed by atoms with van der Waals surface area (Å²) in [7, 11) is 4.18.